The van der Waals surface area contributed by atoms with Gasteiger partial charge in [-0.1, -0.05) is 25.5 Å². The van der Waals surface area contributed by atoms with E-state index in [1.54, 1.807) is 0 Å². The highest BCUT2D eigenvalue weighted by atomic mass is 16.3. The minimum Gasteiger partial charge on any atom is -0.460 e. The lowest BCUT2D eigenvalue weighted by Crippen LogP contribution is -2.01. The molecule has 4 heteroatoms. The molecule has 2 heterocycles. The van der Waals surface area contributed by atoms with E-state index in [0.29, 0.717) is 5.95 Å². The summed E-state index contributed by atoms with van der Waals surface area (Å²) >= 11 is 0. The topological polar surface area (TPSA) is 64.9 Å². The van der Waals surface area contributed by atoms with Crippen LogP contribution < -0.4 is 5.73 Å². The molecule has 2 N–H and O–H groups in total. The van der Waals surface area contributed by atoms with Crippen molar-refractivity contribution in [3.63, 3.8) is 0 Å². The number of furan rings is 1. The van der Waals surface area contributed by atoms with E-state index in [1.165, 1.54) is 16.7 Å². The second-order valence-electron chi connectivity index (χ2n) is 6.09. The van der Waals surface area contributed by atoms with Crippen LogP contribution in [0.5, 0.6) is 0 Å². The van der Waals surface area contributed by atoms with Gasteiger partial charge in [0, 0.05) is 17.5 Å². The average molecular weight is 305 g/mol. The predicted molar refractivity (Wildman–Crippen MR) is 91.1 cm³/mol. The van der Waals surface area contributed by atoms with Gasteiger partial charge in [-0.25, -0.2) is 9.97 Å². The number of aryl methyl sites for hydroxylation is 2. The van der Waals surface area contributed by atoms with Crippen molar-refractivity contribution in [1.82, 2.24) is 9.97 Å². The third-order valence-corrected chi connectivity index (χ3v) is 4.33. The first kappa shape index (κ1) is 14.0. The van der Waals surface area contributed by atoms with Crippen LogP contribution in [0.4, 0.5) is 5.95 Å². The van der Waals surface area contributed by atoms with Crippen molar-refractivity contribution in [2.75, 3.05) is 5.73 Å². The molecule has 4 nitrogen and oxygen atoms in total. The van der Waals surface area contributed by atoms with Gasteiger partial charge in [0.15, 0.2) is 5.76 Å². The smallest absolute Gasteiger partial charge is 0.221 e. The molecule has 3 aromatic rings. The van der Waals surface area contributed by atoms with Crippen molar-refractivity contribution in [2.45, 2.75) is 33.1 Å². The van der Waals surface area contributed by atoms with Gasteiger partial charge in [-0.3, -0.25) is 0 Å². The summed E-state index contributed by atoms with van der Waals surface area (Å²) in [7, 11) is 0. The van der Waals surface area contributed by atoms with Crippen LogP contribution in [0.1, 0.15) is 35.8 Å². The van der Waals surface area contributed by atoms with Crippen molar-refractivity contribution in [3.05, 3.63) is 52.8 Å². The molecule has 0 aliphatic heterocycles. The number of anilines is 1. The molecule has 23 heavy (non-hydrogen) atoms. The zero-order chi connectivity index (χ0) is 16.0. The SMILES string of the molecule is CCCc1ccc2c(c1)-c1nc(N)nc(-c3ccc(C)o3)c1C2. The van der Waals surface area contributed by atoms with Gasteiger partial charge in [-0.2, -0.15) is 0 Å². The Bertz CT molecular complexity index is 896. The zero-order valence-corrected chi connectivity index (χ0v) is 13.4. The number of nitrogen functional groups attached to an aromatic ring is 1. The van der Waals surface area contributed by atoms with Crippen LogP contribution in [-0.2, 0) is 12.8 Å². The zero-order valence-electron chi connectivity index (χ0n) is 13.4. The minimum absolute atomic E-state index is 0.293. The maximum atomic E-state index is 5.97. The van der Waals surface area contributed by atoms with E-state index in [9.17, 15) is 0 Å². The van der Waals surface area contributed by atoms with Crippen LogP contribution in [0.3, 0.4) is 0 Å². The normalized spacial score (nSPS) is 12.3. The third-order valence-electron chi connectivity index (χ3n) is 4.33. The van der Waals surface area contributed by atoms with Gasteiger partial charge in [0.25, 0.3) is 0 Å². The molecule has 0 spiro atoms. The van der Waals surface area contributed by atoms with Gasteiger partial charge in [0.05, 0.1) is 5.69 Å². The number of fused-ring (bicyclic) bond motifs is 3. The molecule has 116 valence electrons. The number of hydrogen-bond acceptors (Lipinski definition) is 4. The Morgan fingerprint density at radius 2 is 1.96 bits per heavy atom. The molecule has 1 aromatic carbocycles. The maximum absolute atomic E-state index is 5.97. The van der Waals surface area contributed by atoms with Crippen LogP contribution in [0.25, 0.3) is 22.7 Å². The summed E-state index contributed by atoms with van der Waals surface area (Å²) in [5.41, 5.74) is 12.6. The minimum atomic E-state index is 0.293. The maximum Gasteiger partial charge on any atom is 0.221 e. The Hall–Kier alpha value is -2.62. The second kappa shape index (κ2) is 5.23. The Labute approximate surface area is 135 Å². The third kappa shape index (κ3) is 2.31. The molecule has 0 unspecified atom stereocenters. The van der Waals surface area contributed by atoms with Crippen molar-refractivity contribution >= 4 is 5.95 Å². The lowest BCUT2D eigenvalue weighted by Gasteiger charge is -2.07. The van der Waals surface area contributed by atoms with Gasteiger partial charge >= 0.3 is 0 Å². The molecular weight excluding hydrogens is 286 g/mol. The molecule has 0 amide bonds. The second-order valence-corrected chi connectivity index (χ2v) is 6.09. The molecular formula is C19H19N3O. The van der Waals surface area contributed by atoms with E-state index in [0.717, 1.165) is 47.7 Å². The van der Waals surface area contributed by atoms with Crippen molar-refractivity contribution < 1.29 is 4.42 Å². The lowest BCUT2D eigenvalue weighted by molar-refractivity contribution is 0.546. The Morgan fingerprint density at radius 1 is 1.13 bits per heavy atom. The molecule has 0 fully saturated rings. The first-order valence-electron chi connectivity index (χ1n) is 8.01. The van der Waals surface area contributed by atoms with E-state index in [1.807, 2.05) is 19.1 Å². The fourth-order valence-electron chi connectivity index (χ4n) is 3.29. The highest BCUT2D eigenvalue weighted by molar-refractivity contribution is 5.80. The van der Waals surface area contributed by atoms with E-state index < -0.39 is 0 Å². The number of rotatable bonds is 3. The Morgan fingerprint density at radius 3 is 2.70 bits per heavy atom. The Balaban J connectivity index is 1.89. The molecule has 4 rings (SSSR count). The van der Waals surface area contributed by atoms with Crippen molar-refractivity contribution in [2.24, 2.45) is 0 Å². The first-order chi connectivity index (χ1) is 11.2. The van der Waals surface area contributed by atoms with Crippen molar-refractivity contribution in [1.29, 1.82) is 0 Å². The molecule has 2 aromatic heterocycles. The number of aromatic nitrogens is 2. The molecule has 1 aliphatic rings. The molecule has 0 bridgehead atoms. The summed E-state index contributed by atoms with van der Waals surface area (Å²) in [5, 5.41) is 0. The highest BCUT2D eigenvalue weighted by Gasteiger charge is 2.26. The molecule has 0 atom stereocenters. The summed E-state index contributed by atoms with van der Waals surface area (Å²) in [4.78, 5) is 8.96. The number of nitrogens with zero attached hydrogens (tertiary/aromatic N) is 2. The monoisotopic (exact) mass is 305 g/mol. The lowest BCUT2D eigenvalue weighted by atomic mass is 10.0. The summed E-state index contributed by atoms with van der Waals surface area (Å²) in [5.74, 6) is 1.92. The van der Waals surface area contributed by atoms with Gasteiger partial charge < -0.3 is 10.2 Å². The first-order valence-corrected chi connectivity index (χ1v) is 8.01. The summed E-state index contributed by atoms with van der Waals surface area (Å²) in [6, 6.07) is 10.6. The van der Waals surface area contributed by atoms with E-state index in [-0.39, 0.29) is 0 Å². The molecule has 0 saturated carbocycles. The standard InChI is InChI=1S/C19H19N3O/c1-3-4-12-6-7-13-10-15-17(14(13)9-12)21-19(20)22-18(15)16-8-5-11(2)23-16/h5-9H,3-4,10H2,1-2H3,(H2,20,21,22). The fourth-order valence-corrected chi connectivity index (χ4v) is 3.29. The number of benzene rings is 1. The largest absolute Gasteiger partial charge is 0.460 e. The molecule has 0 saturated heterocycles. The van der Waals surface area contributed by atoms with Gasteiger partial charge in [-0.05, 0) is 42.7 Å². The van der Waals surface area contributed by atoms with E-state index >= 15 is 0 Å². The van der Waals surface area contributed by atoms with E-state index in [4.69, 9.17) is 10.2 Å². The van der Waals surface area contributed by atoms with Crippen LogP contribution in [0.2, 0.25) is 0 Å². The summed E-state index contributed by atoms with van der Waals surface area (Å²) < 4.78 is 5.77. The van der Waals surface area contributed by atoms with E-state index in [2.05, 4.69) is 35.1 Å². The Kier molecular flexibility index (Phi) is 3.18. The molecule has 1 aliphatic carbocycles. The highest BCUT2D eigenvalue weighted by Crippen LogP contribution is 2.40. The molecule has 0 radical (unpaired) electrons. The average Bonchev–Trinajstić information content (AvgIpc) is 3.11. The number of hydrogen-bond donors (Lipinski definition) is 1. The van der Waals surface area contributed by atoms with Gasteiger partial charge in [0.2, 0.25) is 5.95 Å². The predicted octanol–water partition coefficient (Wildman–Crippen LogP) is 4.15. The van der Waals surface area contributed by atoms with Crippen molar-refractivity contribution in [3.8, 4) is 22.7 Å². The quantitative estimate of drug-likeness (QED) is 0.617. The van der Waals surface area contributed by atoms with Crippen LogP contribution >= 0.6 is 0 Å². The van der Waals surface area contributed by atoms with Crippen LogP contribution in [0, 0.1) is 6.92 Å². The fraction of sp³-hybridized carbons (Fsp3) is 0.263. The summed E-state index contributed by atoms with van der Waals surface area (Å²) in [6.45, 7) is 4.12. The number of nitrogens with two attached hydrogens (primary N) is 1. The summed E-state index contributed by atoms with van der Waals surface area (Å²) in [6.07, 6.45) is 3.04. The van der Waals surface area contributed by atoms with Crippen LogP contribution in [0.15, 0.2) is 34.7 Å². The van der Waals surface area contributed by atoms with Gasteiger partial charge in [0.1, 0.15) is 11.5 Å². The van der Waals surface area contributed by atoms with Crippen LogP contribution in [-0.4, -0.2) is 9.97 Å². The van der Waals surface area contributed by atoms with Gasteiger partial charge in [-0.15, -0.1) is 0 Å².